The second kappa shape index (κ2) is 10.4. The van der Waals surface area contributed by atoms with Gasteiger partial charge in [0.25, 0.3) is 5.91 Å². The maximum absolute atomic E-state index is 12.8. The van der Waals surface area contributed by atoms with Gasteiger partial charge in [0.05, 0.1) is 25.8 Å². The number of halogens is 1. The minimum atomic E-state index is -0.482. The van der Waals surface area contributed by atoms with Crippen molar-refractivity contribution in [2.24, 2.45) is 11.7 Å². The highest BCUT2D eigenvalue weighted by Gasteiger charge is 2.30. The van der Waals surface area contributed by atoms with E-state index in [1.807, 2.05) is 13.8 Å². The summed E-state index contributed by atoms with van der Waals surface area (Å²) in [6.07, 6.45) is 0.864. The molecule has 0 spiro atoms. The molecule has 1 heterocycles. The van der Waals surface area contributed by atoms with Crippen LogP contribution in [0.3, 0.4) is 0 Å². The Kier molecular flexibility index (Phi) is 8.85. The summed E-state index contributed by atoms with van der Waals surface area (Å²) < 4.78 is 10.5. The standard InChI is InChI=1S/C19H29N3O4.ClH/c1-5-13(2)17(20)19(24)22-10-8-21(9-11-22)18(23)15-7-6-14(25-3)12-16(15)26-4;/h6-7,12-13,17H,5,8-11,20H2,1-4H3;1H. The molecule has 2 unspecified atom stereocenters. The summed E-state index contributed by atoms with van der Waals surface area (Å²) in [6.45, 7) is 5.95. The average molecular weight is 400 g/mol. The van der Waals surface area contributed by atoms with Gasteiger partial charge >= 0.3 is 0 Å². The summed E-state index contributed by atoms with van der Waals surface area (Å²) in [7, 11) is 3.09. The fourth-order valence-corrected chi connectivity index (χ4v) is 2.98. The molecular weight excluding hydrogens is 370 g/mol. The Morgan fingerprint density at radius 1 is 1.11 bits per heavy atom. The van der Waals surface area contributed by atoms with E-state index >= 15 is 0 Å². The van der Waals surface area contributed by atoms with Gasteiger partial charge in [-0.05, 0) is 18.1 Å². The van der Waals surface area contributed by atoms with Crippen LogP contribution >= 0.6 is 12.4 Å². The minimum Gasteiger partial charge on any atom is -0.497 e. The molecule has 1 fully saturated rings. The number of amides is 2. The van der Waals surface area contributed by atoms with Gasteiger partial charge in [0.2, 0.25) is 5.91 Å². The third kappa shape index (κ3) is 5.26. The summed E-state index contributed by atoms with van der Waals surface area (Å²) in [6, 6.07) is 4.65. The Bertz CT molecular complexity index is 648. The molecule has 0 bridgehead atoms. The third-order valence-electron chi connectivity index (χ3n) is 5.06. The zero-order valence-corrected chi connectivity index (χ0v) is 17.3. The molecule has 2 atom stereocenters. The summed E-state index contributed by atoms with van der Waals surface area (Å²) in [5.74, 6) is 1.11. The summed E-state index contributed by atoms with van der Waals surface area (Å²) >= 11 is 0. The predicted octanol–water partition coefficient (Wildman–Crippen LogP) is 1.78. The molecule has 1 aliphatic heterocycles. The van der Waals surface area contributed by atoms with Crippen molar-refractivity contribution in [3.63, 3.8) is 0 Å². The first-order valence-electron chi connectivity index (χ1n) is 8.98. The first-order chi connectivity index (χ1) is 12.4. The van der Waals surface area contributed by atoms with Crippen LogP contribution in [0.2, 0.25) is 0 Å². The Balaban J connectivity index is 0.00000364. The van der Waals surface area contributed by atoms with Gasteiger partial charge in [0, 0.05) is 32.2 Å². The number of carbonyl (C=O) groups is 2. The van der Waals surface area contributed by atoms with Crippen LogP contribution in [0, 0.1) is 5.92 Å². The lowest BCUT2D eigenvalue weighted by atomic mass is 9.98. The zero-order chi connectivity index (χ0) is 19.3. The first kappa shape index (κ1) is 23.0. The summed E-state index contributed by atoms with van der Waals surface area (Å²) in [5, 5.41) is 0. The molecule has 1 aromatic rings. The van der Waals surface area contributed by atoms with Crippen molar-refractivity contribution in [2.45, 2.75) is 26.3 Å². The van der Waals surface area contributed by atoms with Crippen LogP contribution in [0.1, 0.15) is 30.6 Å². The lowest BCUT2D eigenvalue weighted by Gasteiger charge is -2.36. The Morgan fingerprint density at radius 2 is 1.70 bits per heavy atom. The van der Waals surface area contributed by atoms with Crippen LogP contribution in [0.5, 0.6) is 11.5 Å². The van der Waals surface area contributed by atoms with Crippen LogP contribution in [0.15, 0.2) is 18.2 Å². The molecule has 1 saturated heterocycles. The molecule has 8 heteroatoms. The Labute approximate surface area is 167 Å². The largest absolute Gasteiger partial charge is 0.497 e. The topological polar surface area (TPSA) is 85.1 Å². The molecule has 1 aromatic carbocycles. The fraction of sp³-hybridized carbons (Fsp3) is 0.579. The highest BCUT2D eigenvalue weighted by molar-refractivity contribution is 5.97. The van der Waals surface area contributed by atoms with Crippen molar-refractivity contribution in [2.75, 3.05) is 40.4 Å². The van der Waals surface area contributed by atoms with E-state index in [-0.39, 0.29) is 30.1 Å². The maximum Gasteiger partial charge on any atom is 0.257 e. The third-order valence-corrected chi connectivity index (χ3v) is 5.06. The van der Waals surface area contributed by atoms with Crippen LogP contribution in [-0.4, -0.2) is 68.1 Å². The van der Waals surface area contributed by atoms with E-state index in [2.05, 4.69) is 0 Å². The van der Waals surface area contributed by atoms with Gasteiger partial charge in [-0.15, -0.1) is 12.4 Å². The van der Waals surface area contributed by atoms with Crippen molar-refractivity contribution < 1.29 is 19.1 Å². The van der Waals surface area contributed by atoms with Crippen molar-refractivity contribution in [1.82, 2.24) is 9.80 Å². The number of hydrogen-bond acceptors (Lipinski definition) is 5. The van der Waals surface area contributed by atoms with Gasteiger partial charge in [-0.25, -0.2) is 0 Å². The number of methoxy groups -OCH3 is 2. The van der Waals surface area contributed by atoms with Gasteiger partial charge in [0.15, 0.2) is 0 Å². The van der Waals surface area contributed by atoms with Crippen molar-refractivity contribution >= 4 is 24.2 Å². The van der Waals surface area contributed by atoms with E-state index in [1.165, 1.54) is 7.11 Å². The quantitative estimate of drug-likeness (QED) is 0.788. The van der Waals surface area contributed by atoms with E-state index in [4.69, 9.17) is 15.2 Å². The molecule has 152 valence electrons. The zero-order valence-electron chi connectivity index (χ0n) is 16.4. The molecule has 7 nitrogen and oxygen atoms in total. The number of rotatable bonds is 6. The van der Waals surface area contributed by atoms with E-state index in [0.717, 1.165) is 6.42 Å². The van der Waals surface area contributed by atoms with Gasteiger partial charge < -0.3 is 25.0 Å². The average Bonchev–Trinajstić information content (AvgIpc) is 2.70. The monoisotopic (exact) mass is 399 g/mol. The number of hydrogen-bond donors (Lipinski definition) is 1. The molecule has 0 radical (unpaired) electrons. The van der Waals surface area contributed by atoms with Gasteiger partial charge in [0.1, 0.15) is 11.5 Å². The number of nitrogens with zero attached hydrogens (tertiary/aromatic N) is 2. The van der Waals surface area contributed by atoms with Crippen LogP contribution in [0.25, 0.3) is 0 Å². The van der Waals surface area contributed by atoms with E-state index < -0.39 is 6.04 Å². The van der Waals surface area contributed by atoms with Crippen molar-refractivity contribution in [3.8, 4) is 11.5 Å². The predicted molar refractivity (Wildman–Crippen MR) is 107 cm³/mol. The van der Waals surface area contributed by atoms with E-state index in [9.17, 15) is 9.59 Å². The number of benzene rings is 1. The molecule has 27 heavy (non-hydrogen) atoms. The highest BCUT2D eigenvalue weighted by Crippen LogP contribution is 2.26. The van der Waals surface area contributed by atoms with Gasteiger partial charge in [-0.1, -0.05) is 20.3 Å². The number of nitrogens with two attached hydrogens (primary N) is 1. The molecule has 0 aliphatic carbocycles. The summed E-state index contributed by atoms with van der Waals surface area (Å²) in [4.78, 5) is 28.8. The van der Waals surface area contributed by atoms with Crippen LogP contribution in [-0.2, 0) is 4.79 Å². The minimum absolute atomic E-state index is 0. The van der Waals surface area contributed by atoms with Crippen LogP contribution < -0.4 is 15.2 Å². The van der Waals surface area contributed by atoms with Gasteiger partial charge in [-0.2, -0.15) is 0 Å². The lowest BCUT2D eigenvalue weighted by molar-refractivity contribution is -0.135. The molecular formula is C19H30ClN3O4. The highest BCUT2D eigenvalue weighted by atomic mass is 35.5. The number of ether oxygens (including phenoxy) is 2. The smallest absolute Gasteiger partial charge is 0.257 e. The fourth-order valence-electron chi connectivity index (χ4n) is 2.98. The molecule has 1 aliphatic rings. The van der Waals surface area contributed by atoms with E-state index in [0.29, 0.717) is 43.2 Å². The molecule has 0 aromatic heterocycles. The number of carbonyl (C=O) groups excluding carboxylic acids is 2. The van der Waals surface area contributed by atoms with Gasteiger partial charge in [-0.3, -0.25) is 9.59 Å². The SMILES string of the molecule is CCC(C)C(N)C(=O)N1CCN(C(=O)c2ccc(OC)cc2OC)CC1.Cl. The van der Waals surface area contributed by atoms with E-state index in [1.54, 1.807) is 35.1 Å². The maximum atomic E-state index is 12.8. The second-order valence-electron chi connectivity index (χ2n) is 6.60. The number of piperazine rings is 1. The first-order valence-corrected chi connectivity index (χ1v) is 8.98. The molecule has 2 rings (SSSR count). The Hall–Kier alpha value is -1.99. The molecule has 0 saturated carbocycles. The van der Waals surface area contributed by atoms with Crippen molar-refractivity contribution in [3.05, 3.63) is 23.8 Å². The Morgan fingerprint density at radius 3 is 2.22 bits per heavy atom. The summed E-state index contributed by atoms with van der Waals surface area (Å²) in [5.41, 5.74) is 6.54. The van der Waals surface area contributed by atoms with Crippen LogP contribution in [0.4, 0.5) is 0 Å². The second-order valence-corrected chi connectivity index (χ2v) is 6.60. The van der Waals surface area contributed by atoms with Crippen molar-refractivity contribution in [1.29, 1.82) is 0 Å². The normalized spacial score (nSPS) is 16.2. The molecule has 2 amide bonds. The molecule has 2 N–H and O–H groups in total. The lowest BCUT2D eigenvalue weighted by Crippen LogP contribution is -2.55.